The number of rotatable bonds is 4. The van der Waals surface area contributed by atoms with Gasteiger partial charge in [0.05, 0.1) is 5.02 Å². The Labute approximate surface area is 131 Å². The monoisotopic (exact) mass is 332 g/mol. The average Bonchev–Trinajstić information content (AvgIpc) is 2.78. The van der Waals surface area contributed by atoms with E-state index in [4.69, 9.17) is 32.8 Å². The average molecular weight is 333 g/mol. The first-order chi connectivity index (χ1) is 9.99. The Bertz CT molecular complexity index is 567. The summed E-state index contributed by atoms with van der Waals surface area (Å²) in [6.07, 6.45) is -0.607. The molecule has 1 aromatic rings. The molecule has 0 saturated carbocycles. The van der Waals surface area contributed by atoms with E-state index in [1.165, 1.54) is 12.1 Å². The molecule has 7 nitrogen and oxygen atoms in total. The molecule has 1 atom stereocenters. The maximum Gasteiger partial charge on any atom is 0.317 e. The lowest BCUT2D eigenvalue weighted by Crippen LogP contribution is -2.45. The Morgan fingerprint density at radius 1 is 1.52 bits per heavy atom. The molecule has 0 saturated heterocycles. The minimum atomic E-state index is -0.607. The van der Waals surface area contributed by atoms with Crippen LogP contribution in [0.25, 0.3) is 0 Å². The van der Waals surface area contributed by atoms with Gasteiger partial charge in [-0.3, -0.25) is 0 Å². The number of amides is 2. The van der Waals surface area contributed by atoms with Crippen LogP contribution in [0.3, 0.4) is 0 Å². The Kier molecular flexibility index (Phi) is 5.11. The third-order valence-electron chi connectivity index (χ3n) is 2.59. The number of aliphatic imine (C=N–C) groups is 1. The molecule has 21 heavy (non-hydrogen) atoms. The predicted molar refractivity (Wildman–Crippen MR) is 79.6 cm³/mol. The van der Waals surface area contributed by atoms with Crippen LogP contribution in [0.2, 0.25) is 10.0 Å². The minimum absolute atomic E-state index is 0.0810. The van der Waals surface area contributed by atoms with Crippen molar-refractivity contribution in [3.05, 3.63) is 28.2 Å². The normalized spacial score (nSPS) is 17.9. The van der Waals surface area contributed by atoms with E-state index in [9.17, 15) is 4.79 Å². The van der Waals surface area contributed by atoms with Gasteiger partial charge in [-0.2, -0.15) is 0 Å². The number of nitrogens with one attached hydrogen (secondary N) is 2. The summed E-state index contributed by atoms with van der Waals surface area (Å²) >= 11 is 11.8. The lowest BCUT2D eigenvalue weighted by Gasteiger charge is -2.16. The summed E-state index contributed by atoms with van der Waals surface area (Å²) < 4.78 is 5.50. The Hall–Kier alpha value is -1.70. The molecule has 0 aromatic heterocycles. The van der Waals surface area contributed by atoms with E-state index in [0.717, 1.165) is 0 Å². The molecular weight excluding hydrogens is 319 g/mol. The van der Waals surface area contributed by atoms with Gasteiger partial charge in [0.25, 0.3) is 5.90 Å². The largest absolute Gasteiger partial charge is 0.482 e. The van der Waals surface area contributed by atoms with Crippen molar-refractivity contribution in [2.45, 2.75) is 6.29 Å². The Morgan fingerprint density at radius 2 is 2.29 bits per heavy atom. The van der Waals surface area contributed by atoms with Crippen molar-refractivity contribution in [2.75, 3.05) is 20.7 Å². The Balaban J connectivity index is 1.94. The summed E-state index contributed by atoms with van der Waals surface area (Å²) in [4.78, 5) is 20.8. The Morgan fingerprint density at radius 3 is 2.95 bits per heavy atom. The van der Waals surface area contributed by atoms with E-state index < -0.39 is 6.29 Å². The number of nitrogens with zero attached hydrogens (tertiary/aromatic N) is 2. The van der Waals surface area contributed by atoms with Gasteiger partial charge in [0.2, 0.25) is 6.29 Å². The van der Waals surface area contributed by atoms with Crippen LogP contribution in [0.5, 0.6) is 5.75 Å². The van der Waals surface area contributed by atoms with Crippen molar-refractivity contribution in [1.29, 1.82) is 0 Å². The van der Waals surface area contributed by atoms with Gasteiger partial charge in [0.15, 0.2) is 6.61 Å². The third-order valence-corrected chi connectivity index (χ3v) is 3.12. The van der Waals surface area contributed by atoms with E-state index >= 15 is 0 Å². The maximum atomic E-state index is 11.2. The lowest BCUT2D eigenvalue weighted by atomic mass is 10.3. The summed E-state index contributed by atoms with van der Waals surface area (Å²) in [5, 5.41) is 7.35. The number of urea groups is 1. The number of hydrogen-bond acceptors (Lipinski definition) is 5. The molecule has 1 aliphatic rings. The molecule has 1 heterocycles. The quantitative estimate of drug-likeness (QED) is 0.882. The zero-order valence-corrected chi connectivity index (χ0v) is 12.9. The van der Waals surface area contributed by atoms with E-state index in [0.29, 0.717) is 21.7 Å². The fourth-order valence-electron chi connectivity index (χ4n) is 1.57. The van der Waals surface area contributed by atoms with E-state index in [2.05, 4.69) is 15.6 Å². The highest BCUT2D eigenvalue weighted by molar-refractivity contribution is 6.35. The van der Waals surface area contributed by atoms with Gasteiger partial charge in [-0.1, -0.05) is 23.2 Å². The lowest BCUT2D eigenvalue weighted by molar-refractivity contribution is -0.0657. The van der Waals surface area contributed by atoms with Crippen LogP contribution in [0, 0.1) is 0 Å². The molecule has 0 radical (unpaired) electrons. The molecule has 0 spiro atoms. The highest BCUT2D eigenvalue weighted by Crippen LogP contribution is 2.27. The van der Waals surface area contributed by atoms with E-state index in [1.807, 2.05) is 0 Å². The standard InChI is InChI=1S/C12H14Cl2N4O3/c1-15-12(19)17-11-16-10(21-18(11)2)6-20-9-4-3-7(13)5-8(9)14/h3-5,11H,6H2,1-2H3,(H2,15,17,19). The smallest absolute Gasteiger partial charge is 0.317 e. The van der Waals surface area contributed by atoms with Gasteiger partial charge >= 0.3 is 6.03 Å². The van der Waals surface area contributed by atoms with Crippen LogP contribution in [-0.2, 0) is 4.84 Å². The molecule has 0 aliphatic carbocycles. The van der Waals surface area contributed by atoms with Crippen LogP contribution < -0.4 is 15.4 Å². The minimum Gasteiger partial charge on any atom is -0.482 e. The van der Waals surface area contributed by atoms with Crippen molar-refractivity contribution in [3.8, 4) is 5.75 Å². The summed E-state index contributed by atoms with van der Waals surface area (Å²) in [6, 6.07) is 4.55. The first-order valence-corrected chi connectivity index (χ1v) is 6.78. The fourth-order valence-corrected chi connectivity index (χ4v) is 2.03. The number of hydrogen-bond donors (Lipinski definition) is 2. The van der Waals surface area contributed by atoms with Crippen LogP contribution >= 0.6 is 23.2 Å². The number of halogens is 2. The van der Waals surface area contributed by atoms with Gasteiger partial charge in [-0.25, -0.2) is 9.79 Å². The number of carbonyl (C=O) groups excluding carboxylic acids is 1. The molecule has 1 aromatic carbocycles. The number of carbonyl (C=O) groups is 1. The topological polar surface area (TPSA) is 75.2 Å². The maximum absolute atomic E-state index is 11.2. The number of benzene rings is 1. The van der Waals surface area contributed by atoms with Crippen LogP contribution in [0.15, 0.2) is 23.2 Å². The second-order valence-electron chi connectivity index (χ2n) is 4.12. The molecule has 1 unspecified atom stereocenters. The zero-order valence-electron chi connectivity index (χ0n) is 11.4. The molecule has 0 bridgehead atoms. The van der Waals surface area contributed by atoms with Gasteiger partial charge in [0.1, 0.15) is 5.75 Å². The molecule has 2 N–H and O–H groups in total. The van der Waals surface area contributed by atoms with Crippen LogP contribution in [0.4, 0.5) is 4.79 Å². The molecule has 2 amide bonds. The predicted octanol–water partition coefficient (Wildman–Crippen LogP) is 1.86. The first kappa shape index (κ1) is 15.7. The van der Waals surface area contributed by atoms with Crippen molar-refractivity contribution >= 4 is 35.1 Å². The van der Waals surface area contributed by atoms with Crippen LogP contribution in [-0.4, -0.2) is 44.0 Å². The molecule has 2 rings (SSSR count). The molecular formula is C12H14Cl2N4O3. The van der Waals surface area contributed by atoms with E-state index in [-0.39, 0.29) is 12.6 Å². The fraction of sp³-hybridized carbons (Fsp3) is 0.333. The number of ether oxygens (including phenoxy) is 1. The van der Waals surface area contributed by atoms with Crippen molar-refractivity contribution in [2.24, 2.45) is 4.99 Å². The van der Waals surface area contributed by atoms with Crippen molar-refractivity contribution < 1.29 is 14.4 Å². The van der Waals surface area contributed by atoms with Gasteiger partial charge in [-0.05, 0) is 18.2 Å². The van der Waals surface area contributed by atoms with Crippen molar-refractivity contribution in [3.63, 3.8) is 0 Å². The van der Waals surface area contributed by atoms with Crippen molar-refractivity contribution in [1.82, 2.24) is 15.7 Å². The highest BCUT2D eigenvalue weighted by Gasteiger charge is 2.26. The van der Waals surface area contributed by atoms with Crippen LogP contribution in [0.1, 0.15) is 0 Å². The highest BCUT2D eigenvalue weighted by atomic mass is 35.5. The second-order valence-corrected chi connectivity index (χ2v) is 4.96. The van der Waals surface area contributed by atoms with Gasteiger partial charge in [-0.15, -0.1) is 5.06 Å². The summed E-state index contributed by atoms with van der Waals surface area (Å²) in [5.74, 6) is 0.794. The zero-order chi connectivity index (χ0) is 15.4. The summed E-state index contributed by atoms with van der Waals surface area (Å²) in [7, 11) is 3.16. The molecule has 114 valence electrons. The summed E-state index contributed by atoms with van der Waals surface area (Å²) in [6.45, 7) is 0.0810. The SMILES string of the molecule is CNC(=O)NC1N=C(COc2ccc(Cl)cc2Cl)ON1C. The third kappa shape index (κ3) is 4.13. The molecule has 9 heteroatoms. The summed E-state index contributed by atoms with van der Waals surface area (Å²) in [5.41, 5.74) is 0. The molecule has 1 aliphatic heterocycles. The molecule has 0 fully saturated rings. The second kappa shape index (κ2) is 6.84. The first-order valence-electron chi connectivity index (χ1n) is 6.03. The number of hydroxylamine groups is 2. The van der Waals surface area contributed by atoms with Gasteiger partial charge < -0.3 is 20.2 Å². The van der Waals surface area contributed by atoms with E-state index in [1.54, 1.807) is 25.2 Å². The van der Waals surface area contributed by atoms with Gasteiger partial charge in [0, 0.05) is 19.1 Å².